The Morgan fingerprint density at radius 1 is 1.17 bits per heavy atom. The van der Waals surface area contributed by atoms with Gasteiger partial charge in [0.2, 0.25) is 0 Å². The van der Waals surface area contributed by atoms with Crippen LogP contribution in [0, 0.1) is 0 Å². The second kappa shape index (κ2) is 6.65. The predicted molar refractivity (Wildman–Crippen MR) is 51.4 cm³/mol. The van der Waals surface area contributed by atoms with Gasteiger partial charge >= 0.3 is 0 Å². The van der Waals surface area contributed by atoms with Crippen LogP contribution in [-0.4, -0.2) is 19.4 Å². The largest absolute Gasteiger partial charge is 0.502 e. The van der Waals surface area contributed by atoms with Gasteiger partial charge in [-0.25, -0.2) is 0 Å². The second-order valence-electron chi connectivity index (χ2n) is 2.66. The molecular weight excluding hydrogens is 150 g/mol. The van der Waals surface area contributed by atoms with Gasteiger partial charge < -0.3 is 4.74 Å². The van der Waals surface area contributed by atoms with Gasteiger partial charge in [-0.15, -0.1) is 0 Å². The van der Waals surface area contributed by atoms with Crippen LogP contribution in [0.25, 0.3) is 0 Å². The molecule has 0 amide bonds. The summed E-state index contributed by atoms with van der Waals surface area (Å²) in [6, 6.07) is 0. The molecule has 0 aliphatic carbocycles. The fourth-order valence-corrected chi connectivity index (χ4v) is 0.930. The first-order valence-corrected chi connectivity index (χ1v) is 4.42. The number of rotatable bonds is 0. The van der Waals surface area contributed by atoms with E-state index in [0.29, 0.717) is 0 Å². The molecule has 0 spiro atoms. The Morgan fingerprint density at radius 3 is 2.33 bits per heavy atom. The van der Waals surface area contributed by atoms with Gasteiger partial charge in [-0.05, 0) is 31.4 Å². The number of nitrogens with zero attached hydrogens (tertiary/aromatic N) is 1. The molecule has 12 heavy (non-hydrogen) atoms. The molecule has 2 nitrogen and oxygen atoms in total. The zero-order chi connectivity index (χ0) is 8.49. The van der Waals surface area contributed by atoms with E-state index in [1.807, 2.05) is 18.4 Å². The lowest BCUT2D eigenvalue weighted by molar-refractivity contribution is 0.231. The molecule has 0 aromatic carbocycles. The molecule has 2 heterocycles. The molecule has 2 rings (SSSR count). The van der Waals surface area contributed by atoms with Crippen molar-refractivity contribution in [3.63, 3.8) is 0 Å². The van der Waals surface area contributed by atoms with Crippen LogP contribution in [0.5, 0.6) is 0 Å². The molecule has 0 fully saturated rings. The Bertz CT molecular complexity index is 162. The highest BCUT2D eigenvalue weighted by Crippen LogP contribution is 1.97. The van der Waals surface area contributed by atoms with Gasteiger partial charge in [-0.3, -0.25) is 4.99 Å². The van der Waals surface area contributed by atoms with Crippen LogP contribution in [0.3, 0.4) is 0 Å². The lowest BCUT2D eigenvalue weighted by atomic mass is 10.3. The van der Waals surface area contributed by atoms with Crippen LogP contribution in [-0.2, 0) is 4.74 Å². The van der Waals surface area contributed by atoms with Crippen molar-refractivity contribution in [1.82, 2.24) is 0 Å². The summed E-state index contributed by atoms with van der Waals surface area (Å²) in [6.45, 7) is 1.90. The highest BCUT2D eigenvalue weighted by atomic mass is 16.5. The summed E-state index contributed by atoms with van der Waals surface area (Å²) in [6.07, 6.45) is 13.2. The molecule has 0 aromatic rings. The molecule has 0 bridgehead atoms. The zero-order valence-corrected chi connectivity index (χ0v) is 7.28. The Labute approximate surface area is 73.6 Å². The number of dihydropyridines is 1. The van der Waals surface area contributed by atoms with Crippen LogP contribution in [0.15, 0.2) is 29.5 Å². The highest BCUT2D eigenvalue weighted by Gasteiger charge is 1.86. The number of aliphatic imine (C=N–C) groups is 1. The van der Waals surface area contributed by atoms with E-state index >= 15 is 0 Å². The Balaban J connectivity index is 0.000000120. The first-order chi connectivity index (χ1) is 6.00. The molecule has 0 aromatic heterocycles. The Kier molecular flexibility index (Phi) is 5.01. The van der Waals surface area contributed by atoms with E-state index in [2.05, 4.69) is 11.1 Å². The van der Waals surface area contributed by atoms with Gasteiger partial charge in [-0.2, -0.15) is 0 Å². The van der Waals surface area contributed by atoms with E-state index in [0.717, 1.165) is 19.6 Å². The van der Waals surface area contributed by atoms with Gasteiger partial charge in [0.25, 0.3) is 0 Å². The van der Waals surface area contributed by atoms with Crippen LogP contribution in [0.1, 0.15) is 19.3 Å². The lowest BCUT2D eigenvalue weighted by Crippen LogP contribution is -1.90. The van der Waals surface area contributed by atoms with Crippen molar-refractivity contribution in [2.24, 2.45) is 4.99 Å². The summed E-state index contributed by atoms with van der Waals surface area (Å²) in [5, 5.41) is 0. The third-order valence-corrected chi connectivity index (χ3v) is 1.58. The molecule has 0 radical (unpaired) electrons. The lowest BCUT2D eigenvalue weighted by Gasteiger charge is -2.01. The maximum Gasteiger partial charge on any atom is 0.0876 e. The van der Waals surface area contributed by atoms with Crippen LogP contribution in [0.2, 0.25) is 0 Å². The molecule has 0 unspecified atom stereocenters. The van der Waals surface area contributed by atoms with Crippen LogP contribution in [0.4, 0.5) is 0 Å². The number of hydrogen-bond donors (Lipinski definition) is 0. The average Bonchev–Trinajstić information content (AvgIpc) is 2.24. The molecule has 2 heteroatoms. The minimum atomic E-state index is 0.913. The zero-order valence-electron chi connectivity index (χ0n) is 7.28. The van der Waals surface area contributed by atoms with E-state index in [1.54, 1.807) is 6.26 Å². The summed E-state index contributed by atoms with van der Waals surface area (Å²) < 4.78 is 4.89. The fourth-order valence-electron chi connectivity index (χ4n) is 0.930. The predicted octanol–water partition coefficient (Wildman–Crippen LogP) is 2.33. The van der Waals surface area contributed by atoms with E-state index in [9.17, 15) is 0 Å². The van der Waals surface area contributed by atoms with Crippen LogP contribution < -0.4 is 0 Å². The summed E-state index contributed by atoms with van der Waals surface area (Å²) >= 11 is 0. The van der Waals surface area contributed by atoms with E-state index < -0.39 is 0 Å². The molecule has 0 atom stereocenters. The SMILES string of the molecule is C1=CCCN=C1.C1=COCCC1. The quantitative estimate of drug-likeness (QED) is 0.540. The summed E-state index contributed by atoms with van der Waals surface area (Å²) in [4.78, 5) is 3.97. The first-order valence-electron chi connectivity index (χ1n) is 4.42. The van der Waals surface area contributed by atoms with Gasteiger partial charge in [0.1, 0.15) is 0 Å². The number of hydrogen-bond acceptors (Lipinski definition) is 2. The summed E-state index contributed by atoms with van der Waals surface area (Å²) in [5.74, 6) is 0. The van der Waals surface area contributed by atoms with E-state index in [-0.39, 0.29) is 0 Å². The van der Waals surface area contributed by atoms with Crippen molar-refractivity contribution in [3.8, 4) is 0 Å². The third kappa shape index (κ3) is 4.72. The van der Waals surface area contributed by atoms with Gasteiger partial charge in [0.05, 0.1) is 12.9 Å². The van der Waals surface area contributed by atoms with Crippen molar-refractivity contribution in [2.45, 2.75) is 19.3 Å². The first kappa shape index (κ1) is 9.04. The van der Waals surface area contributed by atoms with Crippen molar-refractivity contribution in [2.75, 3.05) is 13.2 Å². The monoisotopic (exact) mass is 165 g/mol. The fraction of sp³-hybridized carbons (Fsp3) is 0.500. The van der Waals surface area contributed by atoms with E-state index in [1.165, 1.54) is 12.8 Å². The molecular formula is C10H15NO. The summed E-state index contributed by atoms with van der Waals surface area (Å²) in [5.41, 5.74) is 0. The van der Waals surface area contributed by atoms with Gasteiger partial charge in [0.15, 0.2) is 0 Å². The smallest absolute Gasteiger partial charge is 0.0876 e. The maximum atomic E-state index is 4.89. The standard InChI is InChI=1S/C5H7N.C5H8O/c2*1-2-4-6-5-3-1/h1-2,4H,3,5H2;2,4H,1,3,5H2. The molecule has 66 valence electrons. The Hall–Kier alpha value is -1.05. The normalized spacial score (nSPS) is 19.3. The van der Waals surface area contributed by atoms with Crippen molar-refractivity contribution in [3.05, 3.63) is 24.5 Å². The number of allylic oxidation sites excluding steroid dienone is 2. The maximum absolute atomic E-state index is 4.89. The third-order valence-electron chi connectivity index (χ3n) is 1.58. The molecule has 2 aliphatic heterocycles. The Morgan fingerprint density at radius 2 is 2.17 bits per heavy atom. The molecule has 2 aliphatic rings. The van der Waals surface area contributed by atoms with Crippen LogP contribution >= 0.6 is 0 Å². The highest BCUT2D eigenvalue weighted by molar-refractivity contribution is 5.71. The van der Waals surface area contributed by atoms with Crippen molar-refractivity contribution in [1.29, 1.82) is 0 Å². The van der Waals surface area contributed by atoms with E-state index in [4.69, 9.17) is 4.74 Å². The van der Waals surface area contributed by atoms with Crippen molar-refractivity contribution < 1.29 is 4.74 Å². The number of ether oxygens (including phenoxy) is 1. The van der Waals surface area contributed by atoms with Gasteiger partial charge in [-0.1, -0.05) is 6.08 Å². The minimum absolute atomic E-state index is 0.913. The summed E-state index contributed by atoms with van der Waals surface area (Å²) in [7, 11) is 0. The topological polar surface area (TPSA) is 21.6 Å². The molecule has 0 N–H and O–H groups in total. The second-order valence-corrected chi connectivity index (χ2v) is 2.66. The molecule has 0 saturated carbocycles. The molecule has 0 saturated heterocycles. The van der Waals surface area contributed by atoms with Crippen molar-refractivity contribution >= 4 is 6.21 Å². The van der Waals surface area contributed by atoms with Gasteiger partial charge in [0, 0.05) is 12.8 Å². The average molecular weight is 165 g/mol. The minimum Gasteiger partial charge on any atom is -0.502 e.